The van der Waals surface area contributed by atoms with Crippen LogP contribution in [0.15, 0.2) is 58.5 Å². The van der Waals surface area contributed by atoms with E-state index < -0.39 is 21.9 Å². The van der Waals surface area contributed by atoms with Crippen molar-refractivity contribution < 1.29 is 23.1 Å². The van der Waals surface area contributed by atoms with Gasteiger partial charge in [-0.1, -0.05) is 30.7 Å². The number of aromatic carboxylic acids is 1. The molecule has 0 radical (unpaired) electrons. The molecule has 2 aromatic rings. The number of carboxylic acids is 1. The van der Waals surface area contributed by atoms with Crippen molar-refractivity contribution >= 4 is 28.1 Å². The molecule has 1 aliphatic rings. The first-order valence-corrected chi connectivity index (χ1v) is 10.6. The van der Waals surface area contributed by atoms with E-state index in [9.17, 15) is 18.0 Å². The fraction of sp³-hybridized carbons (Fsp3) is 0.250. The molecule has 1 fully saturated rings. The van der Waals surface area contributed by atoms with Gasteiger partial charge in [-0.15, -0.1) is 0 Å². The Labute approximate surface area is 168 Å². The van der Waals surface area contributed by atoms with Gasteiger partial charge < -0.3 is 5.11 Å². The van der Waals surface area contributed by atoms with Crippen molar-refractivity contribution in [1.29, 1.82) is 0 Å². The second-order valence-electron chi connectivity index (χ2n) is 6.58. The summed E-state index contributed by atoms with van der Waals surface area (Å²) in [5.41, 5.74) is 2.84. The van der Waals surface area contributed by atoms with Gasteiger partial charge in [0, 0.05) is 24.2 Å². The molecule has 1 aliphatic heterocycles. The Morgan fingerprint density at radius 1 is 1.03 bits per heavy atom. The second kappa shape index (κ2) is 8.97. The Morgan fingerprint density at radius 2 is 1.76 bits per heavy atom. The standard InChI is InChI=1S/C20H21N3O5S/c24-19(22-21-14-16-7-2-3-10-18(16)20(25)26)15-8-6-9-17(13-15)29(27,28)23-11-4-1-5-12-23/h2-3,6-10,13-14H,1,4-5,11-12H2,(H,22,24)(H,25,26). The van der Waals surface area contributed by atoms with Crippen LogP contribution >= 0.6 is 0 Å². The van der Waals surface area contributed by atoms with E-state index in [1.807, 2.05) is 0 Å². The molecule has 1 saturated heterocycles. The molecular formula is C20H21N3O5S. The summed E-state index contributed by atoms with van der Waals surface area (Å²) in [6, 6.07) is 12.0. The highest BCUT2D eigenvalue weighted by molar-refractivity contribution is 7.89. The molecule has 3 rings (SSSR count). The minimum absolute atomic E-state index is 0.0557. The van der Waals surface area contributed by atoms with Crippen molar-refractivity contribution in [2.24, 2.45) is 5.10 Å². The number of carbonyl (C=O) groups is 2. The Hall–Kier alpha value is -3.04. The largest absolute Gasteiger partial charge is 0.478 e. The predicted octanol–water partition coefficient (Wildman–Crippen LogP) is 2.32. The van der Waals surface area contributed by atoms with Gasteiger partial charge in [-0.25, -0.2) is 18.6 Å². The van der Waals surface area contributed by atoms with Crippen LogP contribution < -0.4 is 5.43 Å². The van der Waals surface area contributed by atoms with E-state index in [0.717, 1.165) is 19.3 Å². The lowest BCUT2D eigenvalue weighted by molar-refractivity contribution is 0.0696. The minimum Gasteiger partial charge on any atom is -0.478 e. The molecule has 0 bridgehead atoms. The Morgan fingerprint density at radius 3 is 2.48 bits per heavy atom. The van der Waals surface area contributed by atoms with Gasteiger partial charge in [0.25, 0.3) is 5.91 Å². The Kier molecular flexibility index (Phi) is 6.40. The summed E-state index contributed by atoms with van der Waals surface area (Å²) < 4.78 is 27.0. The van der Waals surface area contributed by atoms with Gasteiger partial charge in [0.2, 0.25) is 10.0 Å². The molecule has 1 amide bonds. The SMILES string of the molecule is O=C(NN=Cc1ccccc1C(=O)O)c1cccc(S(=O)(=O)N2CCCCC2)c1. The predicted molar refractivity (Wildman–Crippen MR) is 108 cm³/mol. The molecular weight excluding hydrogens is 394 g/mol. The lowest BCUT2D eigenvalue weighted by Gasteiger charge is -2.25. The molecule has 0 spiro atoms. The number of carbonyl (C=O) groups excluding carboxylic acids is 1. The lowest BCUT2D eigenvalue weighted by atomic mass is 10.1. The van der Waals surface area contributed by atoms with Crippen molar-refractivity contribution in [2.45, 2.75) is 24.2 Å². The summed E-state index contributed by atoms with van der Waals surface area (Å²) >= 11 is 0. The fourth-order valence-electron chi connectivity index (χ4n) is 3.08. The van der Waals surface area contributed by atoms with Crippen molar-refractivity contribution in [3.05, 3.63) is 65.2 Å². The third-order valence-electron chi connectivity index (χ3n) is 4.61. The zero-order valence-corrected chi connectivity index (χ0v) is 16.4. The van der Waals surface area contributed by atoms with Gasteiger partial charge in [-0.3, -0.25) is 4.79 Å². The third-order valence-corrected chi connectivity index (χ3v) is 6.50. The Balaban J connectivity index is 1.74. The molecule has 1 heterocycles. The molecule has 2 aromatic carbocycles. The van der Waals surface area contributed by atoms with E-state index in [-0.39, 0.29) is 16.0 Å². The monoisotopic (exact) mass is 415 g/mol. The number of carboxylic acid groups (broad SMARTS) is 1. The average Bonchev–Trinajstić information content (AvgIpc) is 2.74. The van der Waals surface area contributed by atoms with E-state index in [0.29, 0.717) is 18.7 Å². The maximum absolute atomic E-state index is 12.8. The number of hydrogen-bond acceptors (Lipinski definition) is 5. The summed E-state index contributed by atoms with van der Waals surface area (Å²) in [7, 11) is -3.65. The Bertz CT molecular complexity index is 1040. The molecule has 152 valence electrons. The number of nitrogens with one attached hydrogen (secondary N) is 1. The van der Waals surface area contributed by atoms with Crippen molar-refractivity contribution in [2.75, 3.05) is 13.1 Å². The number of rotatable bonds is 6. The van der Waals surface area contributed by atoms with Crippen LogP contribution in [0.1, 0.15) is 45.5 Å². The molecule has 8 nitrogen and oxygen atoms in total. The first kappa shape index (κ1) is 20.7. The summed E-state index contributed by atoms with van der Waals surface area (Å²) in [6.07, 6.45) is 3.89. The van der Waals surface area contributed by atoms with Gasteiger partial charge >= 0.3 is 5.97 Å². The maximum atomic E-state index is 12.8. The average molecular weight is 415 g/mol. The van der Waals surface area contributed by atoms with Crippen LogP contribution in [0.4, 0.5) is 0 Å². The summed E-state index contributed by atoms with van der Waals surface area (Å²) in [5, 5.41) is 13.0. The van der Waals surface area contributed by atoms with Crippen LogP contribution in [0.3, 0.4) is 0 Å². The van der Waals surface area contributed by atoms with Gasteiger partial charge in [0.1, 0.15) is 0 Å². The van der Waals surface area contributed by atoms with Crippen molar-refractivity contribution in [3.63, 3.8) is 0 Å². The quantitative estimate of drug-likeness (QED) is 0.555. The van der Waals surface area contributed by atoms with E-state index in [1.165, 1.54) is 40.9 Å². The zero-order valence-electron chi connectivity index (χ0n) is 15.6. The summed E-state index contributed by atoms with van der Waals surface area (Å²) in [4.78, 5) is 23.6. The summed E-state index contributed by atoms with van der Waals surface area (Å²) in [6.45, 7) is 0.956. The molecule has 0 atom stereocenters. The number of nitrogens with zero attached hydrogens (tertiary/aromatic N) is 2. The molecule has 29 heavy (non-hydrogen) atoms. The van der Waals surface area contributed by atoms with Gasteiger partial charge in [-0.05, 0) is 37.1 Å². The minimum atomic E-state index is -3.65. The van der Waals surface area contributed by atoms with Crippen molar-refractivity contribution in [3.8, 4) is 0 Å². The van der Waals surface area contributed by atoms with Crippen LogP contribution in [0.2, 0.25) is 0 Å². The first-order chi connectivity index (χ1) is 13.9. The van der Waals surface area contributed by atoms with E-state index >= 15 is 0 Å². The number of hydrazone groups is 1. The highest BCUT2D eigenvalue weighted by Crippen LogP contribution is 2.21. The van der Waals surface area contributed by atoms with Crippen LogP contribution in [-0.2, 0) is 10.0 Å². The smallest absolute Gasteiger partial charge is 0.336 e. The number of benzene rings is 2. The van der Waals surface area contributed by atoms with E-state index in [1.54, 1.807) is 18.2 Å². The maximum Gasteiger partial charge on any atom is 0.336 e. The summed E-state index contributed by atoms with van der Waals surface area (Å²) in [5.74, 6) is -1.70. The first-order valence-electron chi connectivity index (χ1n) is 9.15. The van der Waals surface area contributed by atoms with E-state index in [4.69, 9.17) is 5.11 Å². The second-order valence-corrected chi connectivity index (χ2v) is 8.52. The zero-order chi connectivity index (χ0) is 20.9. The van der Waals surface area contributed by atoms with Gasteiger partial charge in [0.05, 0.1) is 16.7 Å². The molecule has 0 aromatic heterocycles. The van der Waals surface area contributed by atoms with Gasteiger partial charge in [0.15, 0.2) is 0 Å². The highest BCUT2D eigenvalue weighted by Gasteiger charge is 2.26. The third kappa shape index (κ3) is 4.87. The number of sulfonamides is 1. The van der Waals surface area contributed by atoms with Crippen LogP contribution in [0.25, 0.3) is 0 Å². The van der Waals surface area contributed by atoms with Crippen LogP contribution in [0.5, 0.6) is 0 Å². The van der Waals surface area contributed by atoms with Gasteiger partial charge in [-0.2, -0.15) is 9.41 Å². The van der Waals surface area contributed by atoms with Crippen LogP contribution in [0, 0.1) is 0 Å². The number of piperidine rings is 1. The molecule has 9 heteroatoms. The molecule has 0 unspecified atom stereocenters. The number of hydrogen-bond donors (Lipinski definition) is 2. The number of amides is 1. The fourth-order valence-corrected chi connectivity index (χ4v) is 4.64. The van der Waals surface area contributed by atoms with Crippen molar-refractivity contribution in [1.82, 2.24) is 9.73 Å². The van der Waals surface area contributed by atoms with E-state index in [2.05, 4.69) is 10.5 Å². The molecule has 0 saturated carbocycles. The molecule has 2 N–H and O–H groups in total. The topological polar surface area (TPSA) is 116 Å². The van der Waals surface area contributed by atoms with Crippen LogP contribution in [-0.4, -0.2) is 49.0 Å². The normalized spacial score (nSPS) is 15.3. The highest BCUT2D eigenvalue weighted by atomic mass is 32.2. The molecule has 0 aliphatic carbocycles. The lowest BCUT2D eigenvalue weighted by Crippen LogP contribution is -2.35.